The number of hydrogen-bond acceptors (Lipinski definition) is 1. The van der Waals surface area contributed by atoms with Gasteiger partial charge in [0.1, 0.15) is 11.6 Å². The standard InChI is InChI=1S/C13H9Cl2F2N/c14-10-2-1-3-11(15)9(10)7-18-13-5-4-8(16)6-12(13)17/h1-6,18H,7H2. The Morgan fingerprint density at radius 3 is 2.28 bits per heavy atom. The maximum Gasteiger partial charge on any atom is 0.149 e. The summed E-state index contributed by atoms with van der Waals surface area (Å²) in [5.41, 5.74) is 0.872. The normalized spacial score (nSPS) is 10.4. The van der Waals surface area contributed by atoms with Gasteiger partial charge in [0.05, 0.1) is 5.69 Å². The van der Waals surface area contributed by atoms with Gasteiger partial charge < -0.3 is 5.32 Å². The molecular weight excluding hydrogens is 279 g/mol. The number of anilines is 1. The highest BCUT2D eigenvalue weighted by atomic mass is 35.5. The molecule has 0 saturated heterocycles. The Morgan fingerprint density at radius 1 is 1.00 bits per heavy atom. The van der Waals surface area contributed by atoms with Gasteiger partial charge in [-0.1, -0.05) is 29.3 Å². The molecule has 0 bridgehead atoms. The summed E-state index contributed by atoms with van der Waals surface area (Å²) in [6.45, 7) is 0.265. The van der Waals surface area contributed by atoms with Crippen molar-refractivity contribution >= 4 is 28.9 Å². The fourth-order valence-electron chi connectivity index (χ4n) is 1.52. The van der Waals surface area contributed by atoms with E-state index < -0.39 is 11.6 Å². The number of hydrogen-bond donors (Lipinski definition) is 1. The Hall–Kier alpha value is -1.32. The minimum Gasteiger partial charge on any atom is -0.378 e. The Bertz CT molecular complexity index is 553. The molecule has 1 nitrogen and oxygen atoms in total. The molecule has 0 aliphatic rings. The average Bonchev–Trinajstić information content (AvgIpc) is 2.31. The first-order valence-electron chi connectivity index (χ1n) is 5.20. The van der Waals surface area contributed by atoms with Crippen molar-refractivity contribution < 1.29 is 8.78 Å². The zero-order valence-corrected chi connectivity index (χ0v) is 10.7. The SMILES string of the molecule is Fc1ccc(NCc2c(Cl)cccc2Cl)c(F)c1. The molecule has 0 heterocycles. The molecule has 0 aliphatic heterocycles. The van der Waals surface area contributed by atoms with Gasteiger partial charge in [-0.3, -0.25) is 0 Å². The molecule has 18 heavy (non-hydrogen) atoms. The summed E-state index contributed by atoms with van der Waals surface area (Å²) in [6.07, 6.45) is 0. The van der Waals surface area contributed by atoms with Crippen LogP contribution in [-0.2, 0) is 6.54 Å². The molecule has 0 spiro atoms. The third-order valence-electron chi connectivity index (χ3n) is 2.45. The summed E-state index contributed by atoms with van der Waals surface area (Å²) >= 11 is 12.0. The summed E-state index contributed by atoms with van der Waals surface area (Å²) in [4.78, 5) is 0. The predicted octanol–water partition coefficient (Wildman–Crippen LogP) is 4.88. The monoisotopic (exact) mass is 287 g/mol. The number of nitrogens with one attached hydrogen (secondary N) is 1. The summed E-state index contributed by atoms with van der Waals surface area (Å²) in [7, 11) is 0. The van der Waals surface area contributed by atoms with Crippen LogP contribution >= 0.6 is 23.2 Å². The lowest BCUT2D eigenvalue weighted by atomic mass is 10.2. The van der Waals surface area contributed by atoms with Gasteiger partial charge in [0.25, 0.3) is 0 Å². The average molecular weight is 288 g/mol. The third-order valence-corrected chi connectivity index (χ3v) is 3.16. The van der Waals surface area contributed by atoms with Gasteiger partial charge in [-0.15, -0.1) is 0 Å². The lowest BCUT2D eigenvalue weighted by molar-refractivity contribution is 0.585. The molecule has 2 rings (SSSR count). The molecule has 0 aliphatic carbocycles. The fourth-order valence-corrected chi connectivity index (χ4v) is 2.05. The zero-order chi connectivity index (χ0) is 13.1. The first kappa shape index (κ1) is 13.1. The van der Waals surface area contributed by atoms with Crippen LogP contribution in [-0.4, -0.2) is 0 Å². The van der Waals surface area contributed by atoms with Gasteiger partial charge in [0.2, 0.25) is 0 Å². The molecule has 0 saturated carbocycles. The van der Waals surface area contributed by atoms with E-state index in [4.69, 9.17) is 23.2 Å². The quantitative estimate of drug-likeness (QED) is 0.848. The van der Waals surface area contributed by atoms with Gasteiger partial charge in [-0.2, -0.15) is 0 Å². The van der Waals surface area contributed by atoms with Crippen molar-refractivity contribution in [2.24, 2.45) is 0 Å². The summed E-state index contributed by atoms with van der Waals surface area (Å²) in [5.74, 6) is -1.27. The van der Waals surface area contributed by atoms with Crippen LogP contribution < -0.4 is 5.32 Å². The van der Waals surface area contributed by atoms with Crippen molar-refractivity contribution in [3.05, 3.63) is 63.6 Å². The molecule has 2 aromatic rings. The van der Waals surface area contributed by atoms with E-state index in [0.29, 0.717) is 15.6 Å². The first-order chi connectivity index (χ1) is 8.58. The molecule has 1 N–H and O–H groups in total. The van der Waals surface area contributed by atoms with Crippen LogP contribution in [0.4, 0.5) is 14.5 Å². The molecular formula is C13H9Cl2F2N. The minimum absolute atomic E-state index is 0.201. The van der Waals surface area contributed by atoms with Crippen LogP contribution in [0.2, 0.25) is 10.0 Å². The summed E-state index contributed by atoms with van der Waals surface area (Å²) in [5, 5.41) is 3.82. The molecule has 0 radical (unpaired) electrons. The van der Waals surface area contributed by atoms with E-state index in [1.54, 1.807) is 18.2 Å². The van der Waals surface area contributed by atoms with E-state index in [-0.39, 0.29) is 12.2 Å². The number of benzene rings is 2. The van der Waals surface area contributed by atoms with E-state index in [1.165, 1.54) is 12.1 Å². The number of rotatable bonds is 3. The Labute approximate surface area is 113 Å². The highest BCUT2D eigenvalue weighted by Gasteiger charge is 2.07. The smallest absolute Gasteiger partial charge is 0.149 e. The van der Waals surface area contributed by atoms with E-state index >= 15 is 0 Å². The number of halogens is 4. The van der Waals surface area contributed by atoms with Crippen molar-refractivity contribution in [3.63, 3.8) is 0 Å². The molecule has 0 atom stereocenters. The molecule has 0 fully saturated rings. The van der Waals surface area contributed by atoms with Gasteiger partial charge >= 0.3 is 0 Å². The van der Waals surface area contributed by atoms with Gasteiger partial charge in [0.15, 0.2) is 0 Å². The van der Waals surface area contributed by atoms with E-state index in [9.17, 15) is 8.78 Å². The Balaban J connectivity index is 2.16. The topological polar surface area (TPSA) is 12.0 Å². The van der Waals surface area contributed by atoms with Crippen LogP contribution in [0.15, 0.2) is 36.4 Å². The van der Waals surface area contributed by atoms with Gasteiger partial charge in [-0.05, 0) is 24.3 Å². The van der Waals surface area contributed by atoms with Crippen LogP contribution in [0.25, 0.3) is 0 Å². The van der Waals surface area contributed by atoms with Gasteiger partial charge in [0, 0.05) is 28.2 Å². The molecule has 0 unspecified atom stereocenters. The van der Waals surface area contributed by atoms with Crippen molar-refractivity contribution in [2.75, 3.05) is 5.32 Å². The summed E-state index contributed by atoms with van der Waals surface area (Å²) in [6, 6.07) is 8.45. The lowest BCUT2D eigenvalue weighted by Gasteiger charge is -2.10. The molecule has 0 amide bonds. The third kappa shape index (κ3) is 2.92. The van der Waals surface area contributed by atoms with Crippen molar-refractivity contribution in [3.8, 4) is 0 Å². The molecule has 2 aromatic carbocycles. The maximum atomic E-state index is 13.4. The van der Waals surface area contributed by atoms with Crippen LogP contribution in [0.5, 0.6) is 0 Å². The van der Waals surface area contributed by atoms with Crippen molar-refractivity contribution in [1.82, 2.24) is 0 Å². The maximum absolute atomic E-state index is 13.4. The molecule has 5 heteroatoms. The van der Waals surface area contributed by atoms with Crippen LogP contribution in [0.1, 0.15) is 5.56 Å². The van der Waals surface area contributed by atoms with E-state index in [2.05, 4.69) is 5.32 Å². The fraction of sp³-hybridized carbons (Fsp3) is 0.0769. The van der Waals surface area contributed by atoms with Crippen molar-refractivity contribution in [1.29, 1.82) is 0 Å². The van der Waals surface area contributed by atoms with Crippen LogP contribution in [0, 0.1) is 11.6 Å². The molecule has 94 valence electrons. The predicted molar refractivity (Wildman–Crippen MR) is 70.1 cm³/mol. The second-order valence-electron chi connectivity index (χ2n) is 3.68. The second-order valence-corrected chi connectivity index (χ2v) is 4.49. The summed E-state index contributed by atoms with van der Waals surface area (Å²) < 4.78 is 26.1. The second kappa shape index (κ2) is 5.55. The Morgan fingerprint density at radius 2 is 1.67 bits per heavy atom. The zero-order valence-electron chi connectivity index (χ0n) is 9.18. The first-order valence-corrected chi connectivity index (χ1v) is 5.95. The van der Waals surface area contributed by atoms with Gasteiger partial charge in [-0.25, -0.2) is 8.78 Å². The van der Waals surface area contributed by atoms with Crippen molar-refractivity contribution in [2.45, 2.75) is 6.54 Å². The van der Waals surface area contributed by atoms with Crippen LogP contribution in [0.3, 0.4) is 0 Å². The van der Waals surface area contributed by atoms with E-state index in [0.717, 1.165) is 6.07 Å². The highest BCUT2D eigenvalue weighted by molar-refractivity contribution is 6.36. The van der Waals surface area contributed by atoms with E-state index in [1.807, 2.05) is 0 Å². The Kier molecular flexibility index (Phi) is 4.04. The lowest BCUT2D eigenvalue weighted by Crippen LogP contribution is -2.03. The minimum atomic E-state index is -0.654. The largest absolute Gasteiger partial charge is 0.378 e. The molecule has 0 aromatic heterocycles. The highest BCUT2D eigenvalue weighted by Crippen LogP contribution is 2.25.